The molecule has 5 heteroatoms. The molecule has 0 bridgehead atoms. The number of thioether (sulfide) groups is 1. The zero-order chi connectivity index (χ0) is 17.6. The van der Waals surface area contributed by atoms with Crippen LogP contribution in [0.4, 0.5) is 5.69 Å². The minimum Gasteiger partial charge on any atom is -0.323 e. The van der Waals surface area contributed by atoms with E-state index in [1.807, 2.05) is 60.7 Å². The van der Waals surface area contributed by atoms with Gasteiger partial charge in [0.1, 0.15) is 5.25 Å². The number of amides is 1. The lowest BCUT2D eigenvalue weighted by molar-refractivity contribution is -0.115. The van der Waals surface area contributed by atoms with E-state index in [1.165, 1.54) is 11.8 Å². The normalized spacial score (nSPS) is 11.8. The Balaban J connectivity index is 1.88. The summed E-state index contributed by atoms with van der Waals surface area (Å²) in [4.78, 5) is 14.0. The first-order chi connectivity index (χ1) is 12.1. The van der Waals surface area contributed by atoms with E-state index in [1.54, 1.807) is 18.2 Å². The molecular formula is C20H15Cl2NOS. The number of halogens is 2. The van der Waals surface area contributed by atoms with Gasteiger partial charge in [-0.15, -0.1) is 11.8 Å². The molecule has 0 fully saturated rings. The number of rotatable bonds is 5. The van der Waals surface area contributed by atoms with Gasteiger partial charge in [-0.3, -0.25) is 4.79 Å². The van der Waals surface area contributed by atoms with Crippen LogP contribution in [-0.4, -0.2) is 5.91 Å². The largest absolute Gasteiger partial charge is 0.323 e. The Bertz CT molecular complexity index is 856. The summed E-state index contributed by atoms with van der Waals surface area (Å²) in [6.45, 7) is 0. The number of carbonyl (C=O) groups is 1. The number of carbonyl (C=O) groups excluding carboxylic acids is 1. The minimum absolute atomic E-state index is 0.149. The standard InChI is InChI=1S/C20H15Cl2NOS/c21-15-11-12-17(22)18(13-15)23-20(24)19(14-7-3-1-4-8-14)25-16-9-5-2-6-10-16/h1-13,19H,(H,23,24)/t19-/m0/s1. The number of nitrogens with one attached hydrogen (secondary N) is 1. The third kappa shape index (κ3) is 4.79. The fraction of sp³-hybridized carbons (Fsp3) is 0.0500. The predicted octanol–water partition coefficient (Wildman–Crippen LogP) is 6.47. The van der Waals surface area contributed by atoms with Crippen LogP contribution < -0.4 is 5.32 Å². The summed E-state index contributed by atoms with van der Waals surface area (Å²) in [6, 6.07) is 24.5. The minimum atomic E-state index is -0.404. The summed E-state index contributed by atoms with van der Waals surface area (Å²) >= 11 is 13.7. The van der Waals surface area contributed by atoms with Crippen molar-refractivity contribution in [1.29, 1.82) is 0 Å². The summed E-state index contributed by atoms with van der Waals surface area (Å²) in [6.07, 6.45) is 0. The lowest BCUT2D eigenvalue weighted by Crippen LogP contribution is -2.19. The fourth-order valence-corrected chi connectivity index (χ4v) is 3.71. The molecule has 25 heavy (non-hydrogen) atoms. The van der Waals surface area contributed by atoms with Crippen LogP contribution in [0.25, 0.3) is 0 Å². The number of hydrogen-bond donors (Lipinski definition) is 1. The van der Waals surface area contributed by atoms with Gasteiger partial charge in [0.15, 0.2) is 0 Å². The van der Waals surface area contributed by atoms with Gasteiger partial charge in [-0.25, -0.2) is 0 Å². The van der Waals surface area contributed by atoms with E-state index in [9.17, 15) is 4.79 Å². The second-order valence-corrected chi connectivity index (χ2v) is 7.36. The second kappa shape index (κ2) is 8.43. The van der Waals surface area contributed by atoms with Crippen LogP contribution in [0, 0.1) is 0 Å². The summed E-state index contributed by atoms with van der Waals surface area (Å²) in [5, 5.41) is 3.46. The molecule has 2 nitrogen and oxygen atoms in total. The first kappa shape index (κ1) is 17.9. The highest BCUT2D eigenvalue weighted by atomic mass is 35.5. The van der Waals surface area contributed by atoms with Gasteiger partial charge in [0.25, 0.3) is 0 Å². The topological polar surface area (TPSA) is 29.1 Å². The fourth-order valence-electron chi connectivity index (χ4n) is 2.33. The molecule has 0 spiro atoms. The van der Waals surface area contributed by atoms with Crippen LogP contribution in [0.15, 0.2) is 83.8 Å². The second-order valence-electron chi connectivity index (χ2n) is 5.34. The Morgan fingerprint density at radius 2 is 1.52 bits per heavy atom. The molecular weight excluding hydrogens is 373 g/mol. The van der Waals surface area contributed by atoms with Crippen molar-refractivity contribution in [3.05, 3.63) is 94.5 Å². The van der Waals surface area contributed by atoms with Gasteiger partial charge in [-0.1, -0.05) is 71.7 Å². The maximum atomic E-state index is 12.9. The van der Waals surface area contributed by atoms with Crippen LogP contribution in [0.1, 0.15) is 10.8 Å². The van der Waals surface area contributed by atoms with Crippen LogP contribution in [-0.2, 0) is 4.79 Å². The molecule has 0 saturated heterocycles. The van der Waals surface area contributed by atoms with Crippen molar-refractivity contribution in [2.45, 2.75) is 10.1 Å². The van der Waals surface area contributed by atoms with E-state index >= 15 is 0 Å². The molecule has 0 aliphatic carbocycles. The Labute approximate surface area is 161 Å². The maximum Gasteiger partial charge on any atom is 0.242 e. The van der Waals surface area contributed by atoms with Gasteiger partial charge < -0.3 is 5.32 Å². The van der Waals surface area contributed by atoms with Crippen molar-refractivity contribution in [3.8, 4) is 0 Å². The van der Waals surface area contributed by atoms with Gasteiger partial charge in [0.05, 0.1) is 10.7 Å². The third-order valence-electron chi connectivity index (χ3n) is 3.52. The molecule has 126 valence electrons. The number of benzene rings is 3. The zero-order valence-electron chi connectivity index (χ0n) is 13.2. The van der Waals surface area contributed by atoms with Crippen molar-refractivity contribution < 1.29 is 4.79 Å². The molecule has 0 radical (unpaired) electrons. The molecule has 0 unspecified atom stereocenters. The Hall–Kier alpha value is -1.94. The lowest BCUT2D eigenvalue weighted by Gasteiger charge is -2.17. The highest BCUT2D eigenvalue weighted by molar-refractivity contribution is 8.00. The summed E-state index contributed by atoms with van der Waals surface area (Å²) in [7, 11) is 0. The van der Waals surface area contributed by atoms with Crippen molar-refractivity contribution in [3.63, 3.8) is 0 Å². The highest BCUT2D eigenvalue weighted by Gasteiger charge is 2.22. The Kier molecular flexibility index (Phi) is 6.03. The lowest BCUT2D eigenvalue weighted by atomic mass is 10.1. The first-order valence-corrected chi connectivity index (χ1v) is 9.29. The molecule has 1 atom stereocenters. The van der Waals surface area contributed by atoms with Gasteiger partial charge in [0.2, 0.25) is 5.91 Å². The van der Waals surface area contributed by atoms with E-state index in [4.69, 9.17) is 23.2 Å². The Morgan fingerprint density at radius 3 is 2.20 bits per heavy atom. The van der Waals surface area contributed by atoms with Crippen molar-refractivity contribution in [2.24, 2.45) is 0 Å². The molecule has 1 amide bonds. The molecule has 0 saturated carbocycles. The predicted molar refractivity (Wildman–Crippen MR) is 107 cm³/mol. The van der Waals surface area contributed by atoms with Crippen LogP contribution in [0.2, 0.25) is 10.0 Å². The molecule has 1 N–H and O–H groups in total. The molecule has 0 heterocycles. The first-order valence-electron chi connectivity index (χ1n) is 7.66. The summed E-state index contributed by atoms with van der Waals surface area (Å²) < 4.78 is 0. The monoisotopic (exact) mass is 387 g/mol. The quantitative estimate of drug-likeness (QED) is 0.508. The van der Waals surface area contributed by atoms with Gasteiger partial charge in [-0.05, 0) is 35.9 Å². The molecule has 0 aliphatic heterocycles. The van der Waals surface area contributed by atoms with E-state index in [0.717, 1.165) is 10.5 Å². The maximum absolute atomic E-state index is 12.9. The van der Waals surface area contributed by atoms with Crippen LogP contribution in [0.3, 0.4) is 0 Å². The summed E-state index contributed by atoms with van der Waals surface area (Å²) in [5.41, 5.74) is 1.43. The SMILES string of the molecule is O=C(Nc1cc(Cl)ccc1Cl)[C@@H](Sc1ccccc1)c1ccccc1. The van der Waals surface area contributed by atoms with E-state index < -0.39 is 5.25 Å². The molecule has 3 aromatic carbocycles. The number of hydrogen-bond acceptors (Lipinski definition) is 2. The van der Waals surface area contributed by atoms with Crippen LogP contribution in [0.5, 0.6) is 0 Å². The average Bonchev–Trinajstić information content (AvgIpc) is 2.64. The molecule has 3 rings (SSSR count). The molecule has 0 aliphatic rings. The van der Waals surface area contributed by atoms with E-state index in [-0.39, 0.29) is 5.91 Å². The van der Waals surface area contributed by atoms with Crippen molar-refractivity contribution in [2.75, 3.05) is 5.32 Å². The van der Waals surface area contributed by atoms with Gasteiger partial charge in [-0.2, -0.15) is 0 Å². The van der Waals surface area contributed by atoms with E-state index in [2.05, 4.69) is 5.32 Å². The molecule has 3 aromatic rings. The van der Waals surface area contributed by atoms with Gasteiger partial charge >= 0.3 is 0 Å². The van der Waals surface area contributed by atoms with Crippen molar-refractivity contribution >= 4 is 46.6 Å². The smallest absolute Gasteiger partial charge is 0.242 e. The highest BCUT2D eigenvalue weighted by Crippen LogP contribution is 2.37. The Morgan fingerprint density at radius 1 is 0.880 bits per heavy atom. The third-order valence-corrected chi connectivity index (χ3v) is 5.35. The van der Waals surface area contributed by atoms with Crippen LogP contribution >= 0.6 is 35.0 Å². The van der Waals surface area contributed by atoms with Crippen molar-refractivity contribution in [1.82, 2.24) is 0 Å². The number of anilines is 1. The average molecular weight is 388 g/mol. The van der Waals surface area contributed by atoms with E-state index in [0.29, 0.717) is 15.7 Å². The zero-order valence-corrected chi connectivity index (χ0v) is 15.5. The summed E-state index contributed by atoms with van der Waals surface area (Å²) in [5.74, 6) is -0.149. The molecule has 0 aromatic heterocycles. The van der Waals surface area contributed by atoms with Gasteiger partial charge in [0, 0.05) is 9.92 Å².